The van der Waals surface area contributed by atoms with E-state index in [2.05, 4.69) is 33.5 Å². The van der Waals surface area contributed by atoms with Crippen LogP contribution in [0.25, 0.3) is 11.1 Å². The van der Waals surface area contributed by atoms with Gasteiger partial charge in [-0.1, -0.05) is 42.5 Å². The highest BCUT2D eigenvalue weighted by atomic mass is 16.5. The lowest BCUT2D eigenvalue weighted by Gasteiger charge is -2.36. The van der Waals surface area contributed by atoms with E-state index in [0.717, 1.165) is 52.4 Å². The van der Waals surface area contributed by atoms with Gasteiger partial charge in [-0.2, -0.15) is 0 Å². The number of nitrogens with zero attached hydrogens (tertiary/aromatic N) is 5. The Morgan fingerprint density at radius 1 is 0.756 bits per heavy atom. The largest absolute Gasteiger partial charge is 0.496 e. The predicted octanol–water partition coefficient (Wildman–Crippen LogP) is 6.04. The minimum absolute atomic E-state index is 0.0180. The molecule has 0 spiro atoms. The zero-order valence-corrected chi connectivity index (χ0v) is 25.5. The number of aromatic nitrogens is 2. The summed E-state index contributed by atoms with van der Waals surface area (Å²) in [7, 11) is 1.64. The van der Waals surface area contributed by atoms with Gasteiger partial charge < -0.3 is 24.0 Å². The molecule has 0 atom stereocenters. The van der Waals surface area contributed by atoms with Gasteiger partial charge in [-0.3, -0.25) is 14.6 Å². The van der Waals surface area contributed by atoms with Crippen LogP contribution in [0.2, 0.25) is 0 Å². The average Bonchev–Trinajstić information content (AvgIpc) is 3.40. The van der Waals surface area contributed by atoms with Gasteiger partial charge >= 0.3 is 0 Å². The standard InChI is InChI=1S/C37H35N5O3/c1-26-7-3-5-9-31(26)32-13-11-27(23-35(32)45-2)36(43)42-25-30-12-14-34(41(30)24-28-8-4-6-10-33(28)42)37(44)40-21-19-39(20-22-40)29-15-17-38-18-16-29/h3-18,23H,19-22,24-25H2,1-2H3. The summed E-state index contributed by atoms with van der Waals surface area (Å²) in [6.45, 7) is 5.74. The van der Waals surface area contributed by atoms with E-state index in [1.165, 1.54) is 0 Å². The van der Waals surface area contributed by atoms with Gasteiger partial charge in [-0.05, 0) is 72.1 Å². The summed E-state index contributed by atoms with van der Waals surface area (Å²) in [5.74, 6) is 0.551. The van der Waals surface area contributed by atoms with E-state index in [9.17, 15) is 9.59 Å². The van der Waals surface area contributed by atoms with Crippen molar-refractivity contribution in [2.75, 3.05) is 43.1 Å². The van der Waals surface area contributed by atoms with Gasteiger partial charge in [0.1, 0.15) is 11.4 Å². The summed E-state index contributed by atoms with van der Waals surface area (Å²) < 4.78 is 7.85. The van der Waals surface area contributed by atoms with E-state index in [4.69, 9.17) is 4.74 Å². The SMILES string of the molecule is COc1cc(C(=O)N2Cc3ccc(C(=O)N4CCN(c5ccncc5)CC4)n3Cc3ccccc32)ccc1-c1ccccc1C. The molecule has 8 nitrogen and oxygen atoms in total. The molecule has 0 N–H and O–H groups in total. The maximum atomic E-state index is 14.2. The molecule has 5 aromatic rings. The molecule has 2 amide bonds. The second-order valence-electron chi connectivity index (χ2n) is 11.5. The quantitative estimate of drug-likeness (QED) is 0.247. The fraction of sp³-hybridized carbons (Fsp3) is 0.216. The molecule has 45 heavy (non-hydrogen) atoms. The number of para-hydroxylation sites is 1. The number of pyridine rings is 1. The van der Waals surface area contributed by atoms with Crippen molar-refractivity contribution in [3.8, 4) is 16.9 Å². The van der Waals surface area contributed by atoms with Crippen LogP contribution < -0.4 is 14.5 Å². The first-order valence-corrected chi connectivity index (χ1v) is 15.3. The fourth-order valence-corrected chi connectivity index (χ4v) is 6.49. The summed E-state index contributed by atoms with van der Waals surface area (Å²) in [4.78, 5) is 38.2. The lowest BCUT2D eigenvalue weighted by molar-refractivity contribution is 0.0736. The molecule has 3 aromatic carbocycles. The third-order valence-electron chi connectivity index (χ3n) is 8.94. The van der Waals surface area contributed by atoms with Crippen LogP contribution in [-0.4, -0.2) is 59.6 Å². The van der Waals surface area contributed by atoms with Crippen LogP contribution in [0.1, 0.15) is 37.7 Å². The molecule has 0 radical (unpaired) electrons. The van der Waals surface area contributed by atoms with Crippen LogP contribution >= 0.6 is 0 Å². The van der Waals surface area contributed by atoms with Crippen molar-refractivity contribution in [1.29, 1.82) is 0 Å². The Morgan fingerprint density at radius 2 is 1.51 bits per heavy atom. The van der Waals surface area contributed by atoms with Gasteiger partial charge in [0, 0.05) is 66.8 Å². The van der Waals surface area contributed by atoms with Crippen molar-refractivity contribution in [3.05, 3.63) is 131 Å². The molecule has 2 aliphatic rings. The zero-order chi connectivity index (χ0) is 30.9. The van der Waals surface area contributed by atoms with E-state index in [-0.39, 0.29) is 11.8 Å². The van der Waals surface area contributed by atoms with Crippen LogP contribution in [0.5, 0.6) is 5.75 Å². The number of aryl methyl sites for hydroxylation is 1. The molecule has 7 rings (SSSR count). The number of piperazine rings is 1. The van der Waals surface area contributed by atoms with Crippen LogP contribution in [0, 0.1) is 6.92 Å². The Kier molecular flexibility index (Phi) is 7.55. The van der Waals surface area contributed by atoms with Crippen molar-refractivity contribution in [2.45, 2.75) is 20.0 Å². The highest BCUT2D eigenvalue weighted by Crippen LogP contribution is 2.35. The molecule has 4 heterocycles. The van der Waals surface area contributed by atoms with Gasteiger partial charge in [0.05, 0.1) is 20.2 Å². The molecule has 0 aliphatic carbocycles. The van der Waals surface area contributed by atoms with Crippen molar-refractivity contribution < 1.29 is 14.3 Å². The molecule has 2 aromatic heterocycles. The van der Waals surface area contributed by atoms with Crippen LogP contribution in [0.15, 0.2) is 103 Å². The van der Waals surface area contributed by atoms with E-state index in [0.29, 0.717) is 43.2 Å². The first-order valence-electron chi connectivity index (χ1n) is 15.3. The summed E-state index contributed by atoms with van der Waals surface area (Å²) in [5, 5.41) is 0. The predicted molar refractivity (Wildman–Crippen MR) is 176 cm³/mol. The molecule has 0 saturated carbocycles. The average molecular weight is 598 g/mol. The molecule has 226 valence electrons. The number of carbonyl (C=O) groups excluding carboxylic acids is 2. The number of methoxy groups -OCH3 is 1. The van der Waals surface area contributed by atoms with Gasteiger partial charge in [0.25, 0.3) is 11.8 Å². The van der Waals surface area contributed by atoms with Gasteiger partial charge in [-0.15, -0.1) is 0 Å². The first-order chi connectivity index (χ1) is 22.0. The molecule has 1 saturated heterocycles. The normalized spacial score (nSPS) is 14.4. The molecule has 0 unspecified atom stereocenters. The summed E-state index contributed by atoms with van der Waals surface area (Å²) in [6, 6.07) is 29.7. The number of anilines is 2. The van der Waals surface area contributed by atoms with Gasteiger partial charge in [0.15, 0.2) is 0 Å². The summed E-state index contributed by atoms with van der Waals surface area (Å²) in [6.07, 6.45) is 3.59. The number of amides is 2. The molecule has 1 fully saturated rings. The van der Waals surface area contributed by atoms with Crippen molar-refractivity contribution >= 4 is 23.2 Å². The molecule has 0 bridgehead atoms. The minimum atomic E-state index is -0.119. The van der Waals surface area contributed by atoms with Crippen LogP contribution in [0.3, 0.4) is 0 Å². The Hall–Kier alpha value is -5.37. The number of ether oxygens (including phenoxy) is 1. The van der Waals surface area contributed by atoms with Crippen LogP contribution in [-0.2, 0) is 13.1 Å². The van der Waals surface area contributed by atoms with Crippen molar-refractivity contribution in [3.63, 3.8) is 0 Å². The second-order valence-corrected chi connectivity index (χ2v) is 11.5. The van der Waals surface area contributed by atoms with E-state index >= 15 is 0 Å². The Labute approximate surface area is 263 Å². The van der Waals surface area contributed by atoms with Gasteiger partial charge in [0.2, 0.25) is 0 Å². The molecular formula is C37H35N5O3. The fourth-order valence-electron chi connectivity index (χ4n) is 6.49. The Morgan fingerprint density at radius 3 is 2.29 bits per heavy atom. The maximum Gasteiger partial charge on any atom is 0.270 e. The number of rotatable bonds is 5. The topological polar surface area (TPSA) is 70.9 Å². The number of fused-ring (bicyclic) bond motifs is 2. The molecular weight excluding hydrogens is 562 g/mol. The lowest BCUT2D eigenvalue weighted by atomic mass is 9.98. The number of carbonyl (C=O) groups is 2. The van der Waals surface area contributed by atoms with E-state index in [1.807, 2.05) is 88.7 Å². The number of hydrogen-bond donors (Lipinski definition) is 0. The third kappa shape index (κ3) is 5.33. The van der Waals surface area contributed by atoms with Gasteiger partial charge in [-0.25, -0.2) is 0 Å². The minimum Gasteiger partial charge on any atom is -0.496 e. The van der Waals surface area contributed by atoms with E-state index in [1.54, 1.807) is 19.5 Å². The lowest BCUT2D eigenvalue weighted by Crippen LogP contribution is -2.49. The first kappa shape index (κ1) is 28.4. The van der Waals surface area contributed by atoms with Crippen molar-refractivity contribution in [2.24, 2.45) is 0 Å². The monoisotopic (exact) mass is 597 g/mol. The number of hydrogen-bond acceptors (Lipinski definition) is 5. The Balaban J connectivity index is 1.16. The Bertz CT molecular complexity index is 1870. The summed E-state index contributed by atoms with van der Waals surface area (Å²) >= 11 is 0. The molecule has 8 heteroatoms. The zero-order valence-electron chi connectivity index (χ0n) is 25.5. The molecule has 2 aliphatic heterocycles. The van der Waals surface area contributed by atoms with E-state index < -0.39 is 0 Å². The maximum absolute atomic E-state index is 14.2. The van der Waals surface area contributed by atoms with Crippen molar-refractivity contribution in [1.82, 2.24) is 14.5 Å². The second kappa shape index (κ2) is 12.0. The highest BCUT2D eigenvalue weighted by Gasteiger charge is 2.30. The van der Waals surface area contributed by atoms with Crippen LogP contribution in [0.4, 0.5) is 11.4 Å². The highest BCUT2D eigenvalue weighted by molar-refractivity contribution is 6.07. The smallest absolute Gasteiger partial charge is 0.270 e. The number of benzene rings is 3. The summed E-state index contributed by atoms with van der Waals surface area (Å²) in [5.41, 5.74) is 8.22. The third-order valence-corrected chi connectivity index (χ3v) is 8.94.